The van der Waals surface area contributed by atoms with Crippen LogP contribution in [-0.2, 0) is 29.5 Å². The molecule has 1 aromatic heterocycles. The van der Waals surface area contributed by atoms with Gasteiger partial charge in [0, 0.05) is 34.1 Å². The van der Waals surface area contributed by atoms with Crippen molar-refractivity contribution in [2.75, 3.05) is 0 Å². The Morgan fingerprint density at radius 3 is 2.49 bits per heavy atom. The number of hydrogen-bond acceptors (Lipinski definition) is 7. The summed E-state index contributed by atoms with van der Waals surface area (Å²) < 4.78 is 17.4. The maximum Gasteiger partial charge on any atom is 0.302 e. The number of Topliss-reactive ketones (excluding diaryl/α,β-unsaturated/α-hetero) is 1. The molecule has 4 fully saturated rings. The number of ketones is 2. The maximum atomic E-state index is 13.5. The van der Waals surface area contributed by atoms with Gasteiger partial charge < -0.3 is 19.0 Å². The summed E-state index contributed by atoms with van der Waals surface area (Å²) in [6.45, 7) is 11.7. The summed E-state index contributed by atoms with van der Waals surface area (Å²) in [5.74, 6) is -0.670. The van der Waals surface area contributed by atoms with Gasteiger partial charge in [-0.15, -0.1) is 0 Å². The lowest BCUT2D eigenvalue weighted by molar-refractivity contribution is -0.208. The molecule has 6 rings (SSSR count). The third kappa shape index (κ3) is 2.42. The summed E-state index contributed by atoms with van der Waals surface area (Å²) in [4.78, 5) is 39.1. The number of aliphatic hydroxyl groups is 1. The van der Waals surface area contributed by atoms with Crippen LogP contribution in [0.2, 0.25) is 0 Å². The van der Waals surface area contributed by atoms with Gasteiger partial charge in [-0.2, -0.15) is 0 Å². The summed E-state index contributed by atoms with van der Waals surface area (Å²) in [5.41, 5.74) is -3.03. The quantitative estimate of drug-likeness (QED) is 0.506. The molecule has 35 heavy (non-hydrogen) atoms. The molecule has 0 aromatic carbocycles. The van der Waals surface area contributed by atoms with Gasteiger partial charge in [0.1, 0.15) is 12.2 Å². The average molecular weight is 483 g/mol. The van der Waals surface area contributed by atoms with Crippen molar-refractivity contribution in [3.8, 4) is 0 Å². The van der Waals surface area contributed by atoms with Crippen LogP contribution in [0.15, 0.2) is 34.7 Å². The molecule has 0 radical (unpaired) electrons. The van der Waals surface area contributed by atoms with E-state index in [2.05, 4.69) is 13.8 Å². The van der Waals surface area contributed by atoms with Crippen molar-refractivity contribution in [2.45, 2.75) is 84.7 Å². The van der Waals surface area contributed by atoms with Gasteiger partial charge in [0.05, 0.1) is 18.6 Å². The first-order valence-electron chi connectivity index (χ1n) is 12.6. The Morgan fingerprint density at radius 2 is 1.86 bits per heavy atom. The van der Waals surface area contributed by atoms with Crippen LogP contribution in [-0.4, -0.2) is 41.0 Å². The van der Waals surface area contributed by atoms with Crippen molar-refractivity contribution in [3.63, 3.8) is 0 Å². The second kappa shape index (κ2) is 6.54. The van der Waals surface area contributed by atoms with Crippen LogP contribution < -0.4 is 0 Å². The number of esters is 1. The molecule has 7 heteroatoms. The number of hydrogen-bond donors (Lipinski definition) is 1. The number of ether oxygens (including phenoxy) is 2. The monoisotopic (exact) mass is 482 g/mol. The second-order valence-corrected chi connectivity index (χ2v) is 12.7. The fourth-order valence-electron chi connectivity index (χ4n) is 9.25. The van der Waals surface area contributed by atoms with Crippen molar-refractivity contribution in [1.29, 1.82) is 0 Å². The lowest BCUT2D eigenvalue weighted by Gasteiger charge is -2.67. The van der Waals surface area contributed by atoms with E-state index in [1.165, 1.54) is 19.5 Å². The summed E-state index contributed by atoms with van der Waals surface area (Å²) in [6, 6.07) is 1.65. The van der Waals surface area contributed by atoms with E-state index in [1.807, 2.05) is 20.8 Å². The predicted molar refractivity (Wildman–Crippen MR) is 124 cm³/mol. The van der Waals surface area contributed by atoms with E-state index in [4.69, 9.17) is 13.9 Å². The number of epoxide rings is 1. The Kier molecular flexibility index (Phi) is 4.33. The third-order valence-electron chi connectivity index (χ3n) is 11.0. The molecule has 3 saturated carbocycles. The second-order valence-electron chi connectivity index (χ2n) is 12.7. The summed E-state index contributed by atoms with van der Waals surface area (Å²) in [5, 5.41) is 12.0. The van der Waals surface area contributed by atoms with Crippen molar-refractivity contribution in [1.82, 2.24) is 0 Å². The van der Waals surface area contributed by atoms with E-state index in [0.717, 1.165) is 5.57 Å². The Balaban J connectivity index is 1.54. The highest BCUT2D eigenvalue weighted by atomic mass is 16.6. The fourth-order valence-corrected chi connectivity index (χ4v) is 9.25. The van der Waals surface area contributed by atoms with Gasteiger partial charge in [-0.25, -0.2) is 0 Å². The molecule has 1 aromatic rings. The van der Waals surface area contributed by atoms with Crippen LogP contribution in [0.25, 0.3) is 0 Å². The average Bonchev–Trinajstić information content (AvgIpc) is 3.34. The van der Waals surface area contributed by atoms with E-state index in [-0.39, 0.29) is 40.9 Å². The highest BCUT2D eigenvalue weighted by Crippen LogP contribution is 2.75. The first-order chi connectivity index (χ1) is 16.2. The van der Waals surface area contributed by atoms with Crippen LogP contribution in [0, 0.1) is 33.5 Å². The minimum atomic E-state index is -1.75. The van der Waals surface area contributed by atoms with Crippen LogP contribution in [0.5, 0.6) is 0 Å². The van der Waals surface area contributed by atoms with Crippen LogP contribution in [0.3, 0.4) is 0 Å². The summed E-state index contributed by atoms with van der Waals surface area (Å²) in [6.07, 6.45) is 5.19. The zero-order chi connectivity index (χ0) is 25.3. The Labute approximate surface area is 205 Å². The molecule has 0 spiro atoms. The molecule has 0 bridgehead atoms. The van der Waals surface area contributed by atoms with E-state index >= 15 is 0 Å². The first-order valence-corrected chi connectivity index (χ1v) is 12.6. The van der Waals surface area contributed by atoms with E-state index in [1.54, 1.807) is 12.1 Å². The van der Waals surface area contributed by atoms with Gasteiger partial charge in [-0.05, 0) is 48.8 Å². The van der Waals surface area contributed by atoms with Crippen LogP contribution in [0.4, 0.5) is 0 Å². The van der Waals surface area contributed by atoms with Gasteiger partial charge >= 0.3 is 5.97 Å². The highest BCUT2D eigenvalue weighted by molar-refractivity contribution is 6.03. The molecule has 1 aliphatic heterocycles. The first kappa shape index (κ1) is 23.2. The summed E-state index contributed by atoms with van der Waals surface area (Å²) in [7, 11) is 0. The topological polar surface area (TPSA) is 106 Å². The minimum Gasteiger partial charge on any atom is -0.472 e. The van der Waals surface area contributed by atoms with Crippen molar-refractivity contribution < 1.29 is 33.4 Å². The molecule has 9 atom stereocenters. The maximum absolute atomic E-state index is 13.5. The molecule has 0 amide bonds. The Morgan fingerprint density at radius 1 is 1.14 bits per heavy atom. The smallest absolute Gasteiger partial charge is 0.302 e. The molecule has 7 nitrogen and oxygen atoms in total. The summed E-state index contributed by atoms with van der Waals surface area (Å²) >= 11 is 0. The van der Waals surface area contributed by atoms with Gasteiger partial charge in [-0.1, -0.05) is 34.6 Å². The number of carbonyl (C=O) groups excluding carboxylic acids is 3. The van der Waals surface area contributed by atoms with Gasteiger partial charge in [0.25, 0.3) is 0 Å². The van der Waals surface area contributed by atoms with Crippen molar-refractivity contribution in [3.05, 3.63) is 35.8 Å². The lowest BCUT2D eigenvalue weighted by Crippen LogP contribution is -2.68. The molecule has 5 aliphatic rings. The van der Waals surface area contributed by atoms with E-state index in [0.29, 0.717) is 24.8 Å². The highest BCUT2D eigenvalue weighted by Gasteiger charge is 2.78. The molecule has 1 saturated heterocycles. The lowest BCUT2D eigenvalue weighted by atomic mass is 9.37. The zero-order valence-corrected chi connectivity index (χ0v) is 21.2. The molecular formula is C28H34O7. The fraction of sp³-hybridized carbons (Fsp3) is 0.679. The minimum absolute atomic E-state index is 0.000648. The predicted octanol–water partition coefficient (Wildman–Crippen LogP) is 3.73. The Hall–Kier alpha value is -2.25. The normalized spacial score (nSPS) is 49.3. The SMILES string of the molecule is CC(=O)O[C@@H]1C[C@H]2C(C)(C)C(=O)[C@@H]3O[C@@H]3[C@]2(C)[C@H]2CC[C@]3(C)C(=CC(=O)[C@@]3(O)c3ccoc3)[C@]12C. The molecule has 0 unspecified atom stereocenters. The van der Waals surface area contributed by atoms with E-state index in [9.17, 15) is 19.5 Å². The van der Waals surface area contributed by atoms with Gasteiger partial charge in [0.2, 0.25) is 0 Å². The zero-order valence-electron chi connectivity index (χ0n) is 21.2. The number of furan rings is 1. The molecular weight excluding hydrogens is 448 g/mol. The number of rotatable bonds is 2. The standard InChI is InChI=1S/C28H34O7/c1-14(29)34-20-12-17-24(2,3)22(31)21-23(35-21)27(17,6)16-7-9-25(4)18(26(16,20)5)11-19(30)28(25,32)15-8-10-33-13-15/h8,10-11,13,16-17,20-21,23,32H,7,9,12H2,1-6H3/t16-,17-,20+,21-,23-,25+,26+,27+,28-/m0/s1. The van der Waals surface area contributed by atoms with Crippen molar-refractivity contribution in [2.24, 2.45) is 33.5 Å². The van der Waals surface area contributed by atoms with Crippen LogP contribution >= 0.6 is 0 Å². The van der Waals surface area contributed by atoms with Crippen LogP contribution in [0.1, 0.15) is 66.4 Å². The largest absolute Gasteiger partial charge is 0.472 e. The Bertz CT molecular complexity index is 1180. The van der Waals surface area contributed by atoms with Crippen molar-refractivity contribution >= 4 is 17.5 Å². The molecule has 188 valence electrons. The van der Waals surface area contributed by atoms with Gasteiger partial charge in [-0.3, -0.25) is 14.4 Å². The van der Waals surface area contributed by atoms with E-state index < -0.39 is 34.1 Å². The third-order valence-corrected chi connectivity index (χ3v) is 11.0. The number of carbonyl (C=O) groups is 3. The number of fused-ring (bicyclic) bond motifs is 7. The molecule has 4 aliphatic carbocycles. The molecule has 1 N–H and O–H groups in total. The van der Waals surface area contributed by atoms with Gasteiger partial charge in [0.15, 0.2) is 17.2 Å². The molecule has 2 heterocycles.